The second-order valence-electron chi connectivity index (χ2n) is 17.8. The van der Waals surface area contributed by atoms with Crippen LogP contribution in [0.25, 0.3) is 11.3 Å². The molecular formula is C47H61N7O6. The molecule has 1 saturated heterocycles. The largest absolute Gasteiger partial charge is 0.453 e. The van der Waals surface area contributed by atoms with Crippen LogP contribution in [0, 0.1) is 16.7 Å². The number of nitrogens with zero attached hydrogens (tertiary/aromatic N) is 2. The number of hydrogen-bond acceptors (Lipinski definition) is 8. The topological polar surface area (TPSA) is 188 Å². The van der Waals surface area contributed by atoms with Gasteiger partial charge in [-0.2, -0.15) is 0 Å². The summed E-state index contributed by atoms with van der Waals surface area (Å²) in [7, 11) is 1.24. The Morgan fingerprint density at radius 1 is 0.833 bits per heavy atom. The van der Waals surface area contributed by atoms with Gasteiger partial charge in [0.15, 0.2) is 0 Å². The van der Waals surface area contributed by atoms with E-state index in [0.29, 0.717) is 18.5 Å². The van der Waals surface area contributed by atoms with Gasteiger partial charge in [0.25, 0.3) is 0 Å². The number of nitrogens with one attached hydrogen (secondary N) is 4. The van der Waals surface area contributed by atoms with Gasteiger partial charge in [0.2, 0.25) is 11.8 Å². The van der Waals surface area contributed by atoms with E-state index in [9.17, 15) is 24.3 Å². The Morgan fingerprint density at radius 2 is 1.48 bits per heavy atom. The van der Waals surface area contributed by atoms with Crippen molar-refractivity contribution in [3.05, 3.63) is 120 Å². The van der Waals surface area contributed by atoms with Crippen molar-refractivity contribution < 1.29 is 29.0 Å². The average Bonchev–Trinajstić information content (AvgIpc) is 3.55. The van der Waals surface area contributed by atoms with Gasteiger partial charge < -0.3 is 41.7 Å². The summed E-state index contributed by atoms with van der Waals surface area (Å²) in [5.41, 5.74) is 9.87. The zero-order chi connectivity index (χ0) is 43.6. The first-order valence-corrected chi connectivity index (χ1v) is 20.5. The maximum Gasteiger partial charge on any atom is 0.407 e. The molecule has 5 amide bonds. The van der Waals surface area contributed by atoms with Crippen LogP contribution in [-0.4, -0.2) is 82.9 Å². The minimum atomic E-state index is -1.14. The fourth-order valence-corrected chi connectivity index (χ4v) is 7.89. The number of aliphatic hydroxyl groups is 1. The van der Waals surface area contributed by atoms with Crippen molar-refractivity contribution in [2.24, 2.45) is 16.7 Å². The normalized spacial score (nSPS) is 16.8. The number of methoxy groups -OCH3 is 1. The van der Waals surface area contributed by atoms with E-state index in [2.05, 4.69) is 26.3 Å². The van der Waals surface area contributed by atoms with Crippen LogP contribution in [0.15, 0.2) is 103 Å². The number of pyridine rings is 1. The number of anilines is 1. The standard InChI is InChI=1S/C47H61N7O6/c1-46(2,3)40(38-28-50-44(58)54(38)29-33-17-11-12-18-35(33)48)42(56)52-37(26-30-15-9-8-10-16-30)39(55)27-34(51-43(57)41(47(4,5)6)53-45(59)60-7)25-31-20-22-32(23-21-31)36-19-13-14-24-49-36/h8-24,34,37-41,55H,25-29,48H2,1-7H3,(H,50,58)(H,51,57)(H,52,56)(H,53,59). The van der Waals surface area contributed by atoms with Crippen LogP contribution in [0.3, 0.4) is 0 Å². The number of benzene rings is 3. The lowest BCUT2D eigenvalue weighted by Gasteiger charge is -2.39. The summed E-state index contributed by atoms with van der Waals surface area (Å²) in [6.07, 6.45) is 0.548. The van der Waals surface area contributed by atoms with E-state index in [-0.39, 0.29) is 31.4 Å². The number of carbonyl (C=O) groups is 4. The summed E-state index contributed by atoms with van der Waals surface area (Å²) >= 11 is 0. The Morgan fingerprint density at radius 3 is 2.10 bits per heavy atom. The second kappa shape index (κ2) is 19.9. The number of alkyl carbamates (subject to hydrolysis) is 1. The SMILES string of the molecule is COC(=O)NC(C(=O)NC(Cc1ccc(-c2ccccn2)cc1)CC(O)C(Cc1ccccc1)NC(=O)C(C1CNC(=O)N1Cc1ccccc1N)C(C)(C)C)C(C)(C)C. The molecule has 4 aromatic rings. The molecule has 320 valence electrons. The number of nitrogen functional groups attached to an aromatic ring is 1. The predicted octanol–water partition coefficient (Wildman–Crippen LogP) is 5.86. The van der Waals surface area contributed by atoms with Gasteiger partial charge in [0, 0.05) is 36.6 Å². The Balaban J connectivity index is 1.45. The number of nitrogens with two attached hydrogens (primary N) is 1. The molecule has 2 heterocycles. The van der Waals surface area contributed by atoms with Gasteiger partial charge in [0.05, 0.1) is 36.9 Å². The van der Waals surface area contributed by atoms with Gasteiger partial charge in [-0.05, 0) is 65.0 Å². The minimum absolute atomic E-state index is 0.0592. The molecular weight excluding hydrogens is 759 g/mol. The zero-order valence-corrected chi connectivity index (χ0v) is 35.8. The summed E-state index contributed by atoms with van der Waals surface area (Å²) in [5, 5.41) is 24.2. The molecule has 0 saturated carbocycles. The lowest BCUT2D eigenvalue weighted by molar-refractivity contribution is -0.132. The highest BCUT2D eigenvalue weighted by Crippen LogP contribution is 2.35. The number of hydrogen-bond donors (Lipinski definition) is 6. The van der Waals surface area contributed by atoms with Gasteiger partial charge in [-0.3, -0.25) is 14.6 Å². The molecule has 0 spiro atoms. The zero-order valence-electron chi connectivity index (χ0n) is 35.8. The monoisotopic (exact) mass is 819 g/mol. The number of urea groups is 1. The number of aromatic nitrogens is 1. The molecule has 0 aliphatic carbocycles. The predicted molar refractivity (Wildman–Crippen MR) is 233 cm³/mol. The Bertz CT molecular complexity index is 2050. The molecule has 5 rings (SSSR count). The van der Waals surface area contributed by atoms with Crippen LogP contribution in [-0.2, 0) is 33.7 Å². The molecule has 7 N–H and O–H groups in total. The molecule has 3 aromatic carbocycles. The average molecular weight is 820 g/mol. The van der Waals surface area contributed by atoms with Crippen molar-refractivity contribution in [2.45, 2.75) is 97.6 Å². The van der Waals surface area contributed by atoms with E-state index in [1.165, 1.54) is 7.11 Å². The van der Waals surface area contributed by atoms with Gasteiger partial charge >= 0.3 is 12.1 Å². The van der Waals surface area contributed by atoms with Crippen LogP contribution in [0.2, 0.25) is 0 Å². The molecule has 13 nitrogen and oxygen atoms in total. The first-order valence-electron chi connectivity index (χ1n) is 20.5. The maximum atomic E-state index is 14.7. The minimum Gasteiger partial charge on any atom is -0.453 e. The van der Waals surface area contributed by atoms with E-state index in [4.69, 9.17) is 10.5 Å². The lowest BCUT2D eigenvalue weighted by Crippen LogP contribution is -2.57. The highest BCUT2D eigenvalue weighted by molar-refractivity contribution is 5.87. The van der Waals surface area contributed by atoms with E-state index in [1.807, 2.05) is 133 Å². The molecule has 1 aliphatic heterocycles. The molecule has 60 heavy (non-hydrogen) atoms. The van der Waals surface area contributed by atoms with Crippen molar-refractivity contribution in [1.82, 2.24) is 31.2 Å². The number of amides is 5. The Labute approximate surface area is 353 Å². The van der Waals surface area contributed by atoms with Crippen molar-refractivity contribution >= 4 is 29.6 Å². The maximum absolute atomic E-state index is 14.7. The third kappa shape index (κ3) is 12.1. The third-order valence-electron chi connectivity index (χ3n) is 11.1. The van der Waals surface area contributed by atoms with E-state index >= 15 is 0 Å². The summed E-state index contributed by atoms with van der Waals surface area (Å²) < 4.78 is 4.84. The van der Waals surface area contributed by atoms with Gasteiger partial charge in [-0.1, -0.05) is 120 Å². The number of carbonyl (C=O) groups excluding carboxylic acids is 4. The fraction of sp³-hybridized carbons (Fsp3) is 0.426. The van der Waals surface area contributed by atoms with Crippen molar-refractivity contribution in [3.8, 4) is 11.3 Å². The lowest BCUT2D eigenvalue weighted by atomic mass is 9.75. The quantitative estimate of drug-likeness (QED) is 0.0759. The van der Waals surface area contributed by atoms with Crippen LogP contribution in [0.5, 0.6) is 0 Å². The molecule has 0 radical (unpaired) electrons. The van der Waals surface area contributed by atoms with Crippen molar-refractivity contribution in [1.29, 1.82) is 0 Å². The van der Waals surface area contributed by atoms with Crippen LogP contribution >= 0.6 is 0 Å². The van der Waals surface area contributed by atoms with Gasteiger partial charge in [-0.25, -0.2) is 9.59 Å². The molecule has 13 heteroatoms. The molecule has 0 bridgehead atoms. The highest BCUT2D eigenvalue weighted by Gasteiger charge is 2.46. The van der Waals surface area contributed by atoms with Crippen molar-refractivity contribution in [3.63, 3.8) is 0 Å². The summed E-state index contributed by atoms with van der Waals surface area (Å²) in [5.74, 6) is -1.43. The molecule has 1 fully saturated rings. The van der Waals surface area contributed by atoms with Crippen LogP contribution in [0.4, 0.5) is 15.3 Å². The third-order valence-corrected chi connectivity index (χ3v) is 11.1. The molecule has 1 aromatic heterocycles. The number of aliphatic hydroxyl groups excluding tert-OH is 1. The Kier molecular flexibility index (Phi) is 14.9. The van der Waals surface area contributed by atoms with E-state index in [1.54, 1.807) is 17.2 Å². The van der Waals surface area contributed by atoms with Crippen molar-refractivity contribution in [2.75, 3.05) is 19.4 Å². The molecule has 6 unspecified atom stereocenters. The number of rotatable bonds is 16. The first-order chi connectivity index (χ1) is 28.4. The summed E-state index contributed by atoms with van der Waals surface area (Å²) in [4.78, 5) is 60.6. The van der Waals surface area contributed by atoms with Gasteiger partial charge in [-0.15, -0.1) is 0 Å². The van der Waals surface area contributed by atoms with Crippen LogP contribution < -0.4 is 27.0 Å². The van der Waals surface area contributed by atoms with E-state index < -0.39 is 59.0 Å². The highest BCUT2D eigenvalue weighted by atomic mass is 16.5. The first kappa shape index (κ1) is 45.1. The van der Waals surface area contributed by atoms with E-state index in [0.717, 1.165) is 27.9 Å². The summed E-state index contributed by atoms with van der Waals surface area (Å²) in [6.45, 7) is 11.9. The molecule has 1 aliphatic rings. The van der Waals surface area contributed by atoms with Gasteiger partial charge in [0.1, 0.15) is 6.04 Å². The van der Waals surface area contributed by atoms with Crippen LogP contribution in [0.1, 0.15) is 64.7 Å². The summed E-state index contributed by atoms with van der Waals surface area (Å²) in [6, 6.07) is 27.3. The fourth-order valence-electron chi connectivity index (χ4n) is 7.89. The smallest absolute Gasteiger partial charge is 0.407 e. The Hall–Kier alpha value is -5.95. The number of para-hydroxylation sites is 1. The second-order valence-corrected chi connectivity index (χ2v) is 17.8. The number of ether oxygens (including phenoxy) is 1. The molecule has 6 atom stereocenters.